The van der Waals surface area contributed by atoms with Gasteiger partial charge in [-0.2, -0.15) is 0 Å². The van der Waals surface area contributed by atoms with Crippen LogP contribution < -0.4 is 18.9 Å². The van der Waals surface area contributed by atoms with E-state index < -0.39 is 22.4 Å². The molecule has 6 nitrogen and oxygen atoms in total. The Morgan fingerprint density at radius 2 is 0.602 bits per heavy atom. The Labute approximate surface area is 573 Å². The van der Waals surface area contributed by atoms with Crippen molar-refractivity contribution < 1.29 is 28.5 Å². The first-order chi connectivity index (χ1) is 45.0. The number of Topliss-reactive ketones (excluding diaryl/α,β-unsaturated/α-hetero) is 1. The fourth-order valence-corrected chi connectivity index (χ4v) is 18.6. The number of unbranched alkanes of at least 4 members (excludes halogenated alkanes) is 39. The summed E-state index contributed by atoms with van der Waals surface area (Å²) < 4.78 is 38.8. The highest BCUT2D eigenvalue weighted by atomic mass is 16.7. The average molecular weight is 1290 g/mol. The summed E-state index contributed by atoms with van der Waals surface area (Å²) in [6.07, 6.45) is 68.1. The van der Waals surface area contributed by atoms with E-state index in [-0.39, 0.29) is 17.0 Å². The van der Waals surface area contributed by atoms with E-state index in [1.807, 2.05) is 0 Å². The fraction of sp³-hybridized carbons (Fsp3) is 0.828. The number of hydrogen-bond donors (Lipinski definition) is 0. The van der Waals surface area contributed by atoms with Crippen molar-refractivity contribution in [2.45, 2.75) is 458 Å². The van der Waals surface area contributed by atoms with Crippen LogP contribution in [0.5, 0.6) is 23.0 Å². The number of rotatable bonds is 45. The highest BCUT2D eigenvalue weighted by Crippen LogP contribution is 2.69. The molecule has 1 fully saturated rings. The second-order valence-electron chi connectivity index (χ2n) is 32.9. The zero-order valence-corrected chi connectivity index (χ0v) is 63.1. The third-order valence-electron chi connectivity index (χ3n) is 25.4. The van der Waals surface area contributed by atoms with Crippen LogP contribution in [0.15, 0.2) is 11.1 Å². The van der Waals surface area contributed by atoms with Gasteiger partial charge in [0.05, 0.1) is 11.0 Å². The molecule has 1 spiro atoms. The molecule has 0 bridgehead atoms. The van der Waals surface area contributed by atoms with Gasteiger partial charge < -0.3 is 23.7 Å². The zero-order chi connectivity index (χ0) is 66.4. The summed E-state index contributed by atoms with van der Waals surface area (Å²) in [4.78, 5) is 16.2. The van der Waals surface area contributed by atoms with Crippen LogP contribution in [0.2, 0.25) is 0 Å². The van der Waals surface area contributed by atoms with Crippen molar-refractivity contribution in [3.63, 3.8) is 0 Å². The van der Waals surface area contributed by atoms with Crippen LogP contribution in [0.25, 0.3) is 0 Å². The molecule has 2 unspecified atom stereocenters. The van der Waals surface area contributed by atoms with Crippen molar-refractivity contribution >= 4 is 5.78 Å². The minimum Gasteiger partial charge on any atom is -0.487 e. The molecule has 5 heterocycles. The lowest BCUT2D eigenvalue weighted by Gasteiger charge is -2.67. The van der Waals surface area contributed by atoms with Crippen molar-refractivity contribution in [1.82, 2.24) is 0 Å². The van der Waals surface area contributed by atoms with Crippen LogP contribution in [0.1, 0.15) is 421 Å². The third kappa shape index (κ3) is 18.7. The lowest BCUT2D eigenvalue weighted by atomic mass is 9.48. The summed E-state index contributed by atoms with van der Waals surface area (Å²) in [5.41, 5.74) is 8.61. The molecule has 0 saturated carbocycles. The van der Waals surface area contributed by atoms with E-state index >= 15 is 4.79 Å². The van der Waals surface area contributed by atoms with Gasteiger partial charge in [-0.15, -0.1) is 0 Å². The van der Waals surface area contributed by atoms with Crippen molar-refractivity contribution in [3.8, 4) is 23.0 Å². The van der Waals surface area contributed by atoms with E-state index in [2.05, 4.69) is 83.1 Å². The maximum atomic E-state index is 16.2. The lowest BCUT2D eigenvalue weighted by molar-refractivity contribution is -0.350. The van der Waals surface area contributed by atoms with E-state index in [0.717, 1.165) is 116 Å². The topological polar surface area (TPSA) is 63.2 Å². The van der Waals surface area contributed by atoms with E-state index in [0.29, 0.717) is 12.8 Å². The molecule has 0 amide bonds. The van der Waals surface area contributed by atoms with E-state index in [4.69, 9.17) is 23.7 Å². The molecular formula is C87H144O6. The molecule has 1 aliphatic carbocycles. The molecule has 0 radical (unpaired) electrons. The Balaban J connectivity index is 0.977. The number of hydrogen-bond acceptors (Lipinski definition) is 6. The molecule has 2 aromatic carbocycles. The Morgan fingerprint density at radius 1 is 0.312 bits per heavy atom. The van der Waals surface area contributed by atoms with Crippen LogP contribution >= 0.6 is 0 Å². The summed E-state index contributed by atoms with van der Waals surface area (Å²) in [6.45, 7) is 27.3. The third-order valence-corrected chi connectivity index (χ3v) is 25.4. The molecular weight excluding hydrogens is 1140 g/mol. The molecule has 2 aromatic rings. The monoisotopic (exact) mass is 1290 g/mol. The van der Waals surface area contributed by atoms with E-state index in [1.54, 1.807) is 0 Å². The fourth-order valence-electron chi connectivity index (χ4n) is 18.6. The maximum Gasteiger partial charge on any atom is 0.244 e. The molecule has 528 valence electrons. The van der Waals surface area contributed by atoms with Gasteiger partial charge >= 0.3 is 0 Å². The molecule has 6 atom stereocenters. The highest BCUT2D eigenvalue weighted by Gasteiger charge is 2.78. The molecule has 93 heavy (non-hydrogen) atoms. The SMILES string of the molecule is CCCCCCCCCCCCCCCCC1(C)CCc2c3c(c(C)c(C)c2O1)O[C@@]12O[C@@](C)(CCCCCCCCCCCCCCCC)CC[C@@]1(C3)[C@@]1(CCc3c4c(c(C)c(C)c3O1)OC(C)(CCCCCCCCCCCCCCCC)CC4)C(=O)C(C)=C2C. The number of ether oxygens (including phenoxy) is 5. The number of ketones is 1. The molecule has 6 aliphatic rings. The molecule has 1 saturated heterocycles. The molecule has 5 aliphatic heterocycles. The quantitative estimate of drug-likeness (QED) is 0.0616. The molecule has 0 N–H and O–H groups in total. The van der Waals surface area contributed by atoms with Crippen molar-refractivity contribution in [3.05, 3.63) is 55.7 Å². The van der Waals surface area contributed by atoms with Gasteiger partial charge in [0.15, 0.2) is 5.60 Å². The number of fused-ring (bicyclic) bond motifs is 6. The first-order valence-corrected chi connectivity index (χ1v) is 41.0. The van der Waals surface area contributed by atoms with Gasteiger partial charge in [0.25, 0.3) is 0 Å². The zero-order valence-electron chi connectivity index (χ0n) is 63.1. The lowest BCUT2D eigenvalue weighted by Crippen LogP contribution is -2.79. The summed E-state index contributed by atoms with van der Waals surface area (Å²) >= 11 is 0. The largest absolute Gasteiger partial charge is 0.487 e. The maximum absolute atomic E-state index is 16.2. The van der Waals surface area contributed by atoms with Crippen LogP contribution in [0.4, 0.5) is 0 Å². The standard InChI is InChI=1S/C87H144O6/c1-13-16-19-22-25-28-31-34-37-40-43-46-49-52-58-82(10)61-55-73-74-57-63-86(91-79(74)69(6)67(4)77(73)89-82)81(88)71(8)72(9)87-85(86,65-64-84(12,93-87)60-54-51-48-45-42-39-36-33-30-27-24-21-18-15-3)66-76-75-56-62-83(11,90-78(75)68(5)70(7)80(76)92-87)59-53-50-47-44-41-38-35-32-29-26-23-20-17-14-2/h13-66H2,1-12H3/t82?,83?,84-,85+,86+,87-/m0/s1. The highest BCUT2D eigenvalue weighted by molar-refractivity contribution is 6.05. The summed E-state index contributed by atoms with van der Waals surface area (Å²) in [5.74, 6) is 2.99. The Kier molecular flexibility index (Phi) is 29.9. The Morgan fingerprint density at radius 3 is 0.957 bits per heavy atom. The van der Waals surface area contributed by atoms with Crippen LogP contribution in [-0.2, 0) is 35.2 Å². The number of carbonyl (C=O) groups is 1. The smallest absolute Gasteiger partial charge is 0.244 e. The van der Waals surface area contributed by atoms with Crippen molar-refractivity contribution in [2.24, 2.45) is 5.41 Å². The van der Waals surface area contributed by atoms with Crippen molar-refractivity contribution in [1.29, 1.82) is 0 Å². The molecule has 6 heteroatoms. The van der Waals surface area contributed by atoms with Gasteiger partial charge in [-0.3, -0.25) is 4.79 Å². The van der Waals surface area contributed by atoms with E-state index in [1.165, 1.54) is 297 Å². The number of carbonyl (C=O) groups excluding carboxylic acids is 1. The average Bonchev–Trinajstić information content (AvgIpc) is 0.657. The van der Waals surface area contributed by atoms with Gasteiger partial charge in [-0.25, -0.2) is 0 Å². The summed E-state index contributed by atoms with van der Waals surface area (Å²) in [6, 6.07) is 0. The number of benzene rings is 2. The van der Waals surface area contributed by atoms with Crippen LogP contribution in [0, 0.1) is 33.1 Å². The van der Waals surface area contributed by atoms with E-state index in [9.17, 15) is 0 Å². The summed E-state index contributed by atoms with van der Waals surface area (Å²) in [7, 11) is 0. The molecule has 0 aromatic heterocycles. The normalized spacial score (nSPS) is 25.4. The van der Waals surface area contributed by atoms with Crippen LogP contribution in [0.3, 0.4) is 0 Å². The summed E-state index contributed by atoms with van der Waals surface area (Å²) in [5, 5.41) is 0. The first kappa shape index (κ1) is 75.8. The minimum absolute atomic E-state index is 0.133. The first-order valence-electron chi connectivity index (χ1n) is 41.0. The second-order valence-corrected chi connectivity index (χ2v) is 32.9. The molecule has 8 rings (SSSR count). The predicted octanol–water partition coefficient (Wildman–Crippen LogP) is 26.6. The Bertz CT molecular complexity index is 2660. The van der Waals surface area contributed by atoms with Gasteiger partial charge in [-0.1, -0.05) is 278 Å². The second kappa shape index (κ2) is 36.7. The Hall–Kier alpha value is -2.99. The van der Waals surface area contributed by atoms with Gasteiger partial charge in [0.1, 0.15) is 34.2 Å². The van der Waals surface area contributed by atoms with Gasteiger partial charge in [0, 0.05) is 33.4 Å². The van der Waals surface area contributed by atoms with Gasteiger partial charge in [-0.05, 0) is 174 Å². The van der Waals surface area contributed by atoms with Crippen molar-refractivity contribution in [2.75, 3.05) is 0 Å². The predicted molar refractivity (Wildman–Crippen MR) is 395 cm³/mol. The van der Waals surface area contributed by atoms with Gasteiger partial charge in [0.2, 0.25) is 11.6 Å². The van der Waals surface area contributed by atoms with Crippen LogP contribution in [-0.4, -0.2) is 34.0 Å². The minimum atomic E-state index is -1.19.